The van der Waals surface area contributed by atoms with Crippen LogP contribution in [0.15, 0.2) is 0 Å². The molecule has 0 aromatic carbocycles. The highest BCUT2D eigenvalue weighted by atomic mass is 32.2. The van der Waals surface area contributed by atoms with Crippen molar-refractivity contribution in [2.75, 3.05) is 26.4 Å². The Morgan fingerprint density at radius 2 is 2.15 bits per heavy atom. The zero-order chi connectivity index (χ0) is 9.68. The molecule has 0 aromatic rings. The number of carbonyl (C=O) groups excluding carboxylic acids is 1. The van der Waals surface area contributed by atoms with Gasteiger partial charge in [-0.2, -0.15) is 11.8 Å². The maximum absolute atomic E-state index is 11.5. The largest absolute Gasteiger partial charge is 0.358 e. The lowest BCUT2D eigenvalue weighted by Gasteiger charge is -2.28. The monoisotopic (exact) mass is 202 g/mol. The first-order chi connectivity index (χ1) is 6.29. The quantitative estimate of drug-likeness (QED) is 0.699. The lowest BCUT2D eigenvalue weighted by atomic mass is 9.94. The summed E-state index contributed by atoms with van der Waals surface area (Å²) in [5.74, 6) is 0.732. The molecule has 0 saturated carbocycles. The molecule has 1 rings (SSSR count). The third-order valence-electron chi connectivity index (χ3n) is 2.57. The summed E-state index contributed by atoms with van der Waals surface area (Å²) in [6.45, 7) is 2.11. The van der Waals surface area contributed by atoms with Crippen LogP contribution in [0, 0.1) is 5.92 Å². The van der Waals surface area contributed by atoms with E-state index in [2.05, 4.69) is 10.6 Å². The van der Waals surface area contributed by atoms with Crippen LogP contribution in [0.4, 0.5) is 0 Å². The Morgan fingerprint density at radius 3 is 2.62 bits per heavy atom. The molecule has 1 amide bonds. The predicted octanol–water partition coefficient (Wildman–Crippen LogP) is 0.464. The normalized spacial score (nSPS) is 21.1. The van der Waals surface area contributed by atoms with Crippen LogP contribution in [-0.4, -0.2) is 37.6 Å². The highest BCUT2D eigenvalue weighted by Crippen LogP contribution is 2.25. The fourth-order valence-electron chi connectivity index (χ4n) is 1.80. The van der Waals surface area contributed by atoms with Gasteiger partial charge in [-0.3, -0.25) is 4.79 Å². The second-order valence-corrected chi connectivity index (χ2v) is 4.34. The molecule has 1 aliphatic heterocycles. The van der Waals surface area contributed by atoms with E-state index in [4.69, 9.17) is 0 Å². The van der Waals surface area contributed by atoms with Gasteiger partial charge in [0.15, 0.2) is 0 Å². The number of hydrogen-bond donors (Lipinski definition) is 2. The third-order valence-corrected chi connectivity index (χ3v) is 3.68. The topological polar surface area (TPSA) is 41.1 Å². The first-order valence-corrected chi connectivity index (χ1v) is 6.03. The molecule has 76 valence electrons. The molecule has 4 heteroatoms. The van der Waals surface area contributed by atoms with E-state index in [-0.39, 0.29) is 11.2 Å². The van der Waals surface area contributed by atoms with Gasteiger partial charge in [-0.25, -0.2) is 0 Å². The molecule has 1 unspecified atom stereocenters. The summed E-state index contributed by atoms with van der Waals surface area (Å²) in [5.41, 5.74) is 0. The van der Waals surface area contributed by atoms with Crippen molar-refractivity contribution >= 4 is 17.7 Å². The molecule has 3 nitrogen and oxygen atoms in total. The van der Waals surface area contributed by atoms with E-state index in [9.17, 15) is 4.79 Å². The first kappa shape index (κ1) is 10.9. The predicted molar refractivity (Wildman–Crippen MR) is 57.0 cm³/mol. The van der Waals surface area contributed by atoms with Gasteiger partial charge in [0.25, 0.3) is 0 Å². The average molecular weight is 202 g/mol. The minimum Gasteiger partial charge on any atom is -0.358 e. The second kappa shape index (κ2) is 5.50. The lowest BCUT2D eigenvalue weighted by molar-refractivity contribution is -0.121. The van der Waals surface area contributed by atoms with Crippen molar-refractivity contribution in [2.24, 2.45) is 5.92 Å². The van der Waals surface area contributed by atoms with Crippen molar-refractivity contribution in [3.63, 3.8) is 0 Å². The molecule has 0 radical (unpaired) electrons. The molecule has 1 aliphatic rings. The van der Waals surface area contributed by atoms with Gasteiger partial charge in [0, 0.05) is 7.05 Å². The van der Waals surface area contributed by atoms with Gasteiger partial charge in [-0.1, -0.05) is 0 Å². The van der Waals surface area contributed by atoms with E-state index in [1.54, 1.807) is 18.8 Å². The summed E-state index contributed by atoms with van der Waals surface area (Å²) in [7, 11) is 1.71. The van der Waals surface area contributed by atoms with Crippen LogP contribution in [0.5, 0.6) is 0 Å². The van der Waals surface area contributed by atoms with Crippen molar-refractivity contribution in [2.45, 2.75) is 18.1 Å². The van der Waals surface area contributed by atoms with Crippen molar-refractivity contribution in [3.05, 3.63) is 0 Å². The Hall–Kier alpha value is -0.220. The van der Waals surface area contributed by atoms with Crippen LogP contribution >= 0.6 is 11.8 Å². The number of amides is 1. The summed E-state index contributed by atoms with van der Waals surface area (Å²) in [5, 5.41) is 6.19. The number of nitrogens with one attached hydrogen (secondary N) is 2. The molecule has 0 aromatic heterocycles. The molecule has 0 bridgehead atoms. The summed E-state index contributed by atoms with van der Waals surface area (Å²) in [6, 6.07) is 0. The Labute approximate surface area is 84.0 Å². The summed E-state index contributed by atoms with van der Waals surface area (Å²) < 4.78 is 0. The fraction of sp³-hybridized carbons (Fsp3) is 0.889. The fourth-order valence-corrected chi connectivity index (χ4v) is 2.79. The minimum absolute atomic E-state index is 0.145. The number of hydrogen-bond acceptors (Lipinski definition) is 3. The molecule has 0 spiro atoms. The Balaban J connectivity index is 2.48. The zero-order valence-electron chi connectivity index (χ0n) is 8.30. The van der Waals surface area contributed by atoms with Gasteiger partial charge in [0.2, 0.25) is 5.91 Å². The number of piperidine rings is 1. The molecule has 1 heterocycles. The van der Waals surface area contributed by atoms with Crippen molar-refractivity contribution in [1.29, 1.82) is 0 Å². The third kappa shape index (κ3) is 2.88. The van der Waals surface area contributed by atoms with Crippen LogP contribution in [0.25, 0.3) is 0 Å². The Kier molecular flexibility index (Phi) is 4.59. The number of rotatable bonds is 3. The molecular weight excluding hydrogens is 184 g/mol. The summed E-state index contributed by atoms with van der Waals surface area (Å²) in [6.07, 6.45) is 4.26. The SMILES string of the molecule is CNC(=O)C(SC)C1CCNCC1. The Morgan fingerprint density at radius 1 is 1.54 bits per heavy atom. The van der Waals surface area contributed by atoms with Crippen molar-refractivity contribution < 1.29 is 4.79 Å². The maximum atomic E-state index is 11.5. The van der Waals surface area contributed by atoms with Crippen LogP contribution < -0.4 is 10.6 Å². The Bertz CT molecular complexity index is 169. The van der Waals surface area contributed by atoms with E-state index >= 15 is 0 Å². The van der Waals surface area contributed by atoms with Gasteiger partial charge in [0.05, 0.1) is 5.25 Å². The van der Waals surface area contributed by atoms with Crippen LogP contribution in [0.1, 0.15) is 12.8 Å². The smallest absolute Gasteiger partial charge is 0.233 e. The van der Waals surface area contributed by atoms with E-state index in [0.29, 0.717) is 5.92 Å². The van der Waals surface area contributed by atoms with E-state index in [1.165, 1.54) is 0 Å². The molecule has 1 saturated heterocycles. The van der Waals surface area contributed by atoms with Gasteiger partial charge < -0.3 is 10.6 Å². The van der Waals surface area contributed by atoms with Crippen LogP contribution in [0.3, 0.4) is 0 Å². The maximum Gasteiger partial charge on any atom is 0.233 e. The summed E-state index contributed by atoms with van der Waals surface area (Å²) in [4.78, 5) is 11.5. The number of carbonyl (C=O) groups is 1. The van der Waals surface area contributed by atoms with Crippen LogP contribution in [-0.2, 0) is 4.79 Å². The van der Waals surface area contributed by atoms with Gasteiger partial charge in [-0.05, 0) is 38.1 Å². The molecule has 1 atom stereocenters. The molecule has 2 N–H and O–H groups in total. The van der Waals surface area contributed by atoms with E-state index < -0.39 is 0 Å². The van der Waals surface area contributed by atoms with Gasteiger partial charge in [-0.15, -0.1) is 0 Å². The van der Waals surface area contributed by atoms with Crippen molar-refractivity contribution in [3.8, 4) is 0 Å². The van der Waals surface area contributed by atoms with E-state index in [1.807, 2.05) is 6.26 Å². The van der Waals surface area contributed by atoms with Crippen molar-refractivity contribution in [1.82, 2.24) is 10.6 Å². The molecular formula is C9H18N2OS. The first-order valence-electron chi connectivity index (χ1n) is 4.74. The van der Waals surface area contributed by atoms with Gasteiger partial charge >= 0.3 is 0 Å². The molecule has 1 fully saturated rings. The molecule has 13 heavy (non-hydrogen) atoms. The van der Waals surface area contributed by atoms with Gasteiger partial charge in [0.1, 0.15) is 0 Å². The van der Waals surface area contributed by atoms with E-state index in [0.717, 1.165) is 25.9 Å². The highest BCUT2D eigenvalue weighted by molar-refractivity contribution is 7.99. The summed E-state index contributed by atoms with van der Waals surface area (Å²) >= 11 is 1.67. The number of thioether (sulfide) groups is 1. The second-order valence-electron chi connectivity index (χ2n) is 3.36. The lowest BCUT2D eigenvalue weighted by Crippen LogP contribution is -2.40. The van der Waals surface area contributed by atoms with Crippen LogP contribution in [0.2, 0.25) is 0 Å². The minimum atomic E-state index is 0.145. The average Bonchev–Trinajstić information content (AvgIpc) is 2.20. The highest BCUT2D eigenvalue weighted by Gasteiger charge is 2.27. The molecule has 0 aliphatic carbocycles. The zero-order valence-corrected chi connectivity index (χ0v) is 9.12. The standard InChI is InChI=1S/C9H18N2OS/c1-10-9(12)8(13-2)7-3-5-11-6-4-7/h7-8,11H,3-6H2,1-2H3,(H,10,12).